The van der Waals surface area contributed by atoms with Crippen LogP contribution in [0.3, 0.4) is 0 Å². The predicted octanol–water partition coefficient (Wildman–Crippen LogP) is 2.61. The van der Waals surface area contributed by atoms with E-state index in [2.05, 4.69) is 5.32 Å². The molecule has 2 aromatic carbocycles. The molecule has 5 heteroatoms. The van der Waals surface area contributed by atoms with E-state index >= 15 is 0 Å². The van der Waals surface area contributed by atoms with Crippen LogP contribution in [0.15, 0.2) is 48.5 Å². The Bertz CT molecular complexity index is 646. The second-order valence-corrected chi connectivity index (χ2v) is 5.69. The van der Waals surface area contributed by atoms with Crippen molar-refractivity contribution in [3.8, 4) is 5.75 Å². The molecule has 0 saturated heterocycles. The number of benzene rings is 2. The lowest BCUT2D eigenvalue weighted by atomic mass is 10.1. The van der Waals surface area contributed by atoms with E-state index in [0.717, 1.165) is 11.1 Å². The first-order chi connectivity index (χ1) is 11.1. The summed E-state index contributed by atoms with van der Waals surface area (Å²) >= 11 is 6.11. The Balaban J connectivity index is 1.81. The largest absolute Gasteiger partial charge is 0.497 e. The van der Waals surface area contributed by atoms with Crippen molar-refractivity contribution in [2.24, 2.45) is 0 Å². The molecule has 2 N–H and O–H groups in total. The molecule has 0 bridgehead atoms. The van der Waals surface area contributed by atoms with Crippen molar-refractivity contribution in [1.82, 2.24) is 5.32 Å². The molecule has 0 aliphatic rings. The Morgan fingerprint density at radius 1 is 1.26 bits per heavy atom. The molecule has 0 aliphatic heterocycles. The van der Waals surface area contributed by atoms with E-state index in [-0.39, 0.29) is 18.9 Å². The number of methoxy groups -OCH3 is 1. The van der Waals surface area contributed by atoms with E-state index in [1.54, 1.807) is 25.3 Å². The van der Waals surface area contributed by atoms with Crippen LogP contribution in [-0.4, -0.2) is 30.8 Å². The molecule has 2 rings (SSSR count). The molecular weight excluding hydrogens is 314 g/mol. The van der Waals surface area contributed by atoms with E-state index < -0.39 is 6.10 Å². The fourth-order valence-electron chi connectivity index (χ4n) is 2.22. The summed E-state index contributed by atoms with van der Waals surface area (Å²) in [5.41, 5.74) is 1.76. The van der Waals surface area contributed by atoms with Crippen LogP contribution in [0.25, 0.3) is 0 Å². The van der Waals surface area contributed by atoms with E-state index in [1.165, 1.54) is 0 Å². The molecule has 0 heterocycles. The SMILES string of the molecule is COc1ccc(CC(=O)NCC(O)Cc2ccccc2)c(Cl)c1. The highest BCUT2D eigenvalue weighted by Gasteiger charge is 2.11. The topological polar surface area (TPSA) is 58.6 Å². The monoisotopic (exact) mass is 333 g/mol. The number of ether oxygens (including phenoxy) is 1. The van der Waals surface area contributed by atoms with Crippen LogP contribution < -0.4 is 10.1 Å². The minimum absolute atomic E-state index is 0.168. The predicted molar refractivity (Wildman–Crippen MR) is 90.9 cm³/mol. The normalized spacial score (nSPS) is 11.8. The number of hydrogen-bond acceptors (Lipinski definition) is 3. The zero-order valence-electron chi connectivity index (χ0n) is 13.0. The standard InChI is InChI=1S/C18H20ClNO3/c1-23-16-8-7-14(17(19)11-16)10-18(22)20-12-15(21)9-13-5-3-2-4-6-13/h2-8,11,15,21H,9-10,12H2,1H3,(H,20,22). The molecule has 0 saturated carbocycles. The molecule has 0 aromatic heterocycles. The van der Waals surface area contributed by atoms with Gasteiger partial charge in [0.25, 0.3) is 0 Å². The van der Waals surface area contributed by atoms with Crippen LogP contribution in [0.4, 0.5) is 0 Å². The van der Waals surface area contributed by atoms with Gasteiger partial charge in [-0.15, -0.1) is 0 Å². The van der Waals surface area contributed by atoms with Crippen LogP contribution in [-0.2, 0) is 17.6 Å². The molecule has 0 fully saturated rings. The summed E-state index contributed by atoms with van der Waals surface area (Å²) < 4.78 is 5.07. The van der Waals surface area contributed by atoms with Gasteiger partial charge in [-0.25, -0.2) is 0 Å². The third kappa shape index (κ3) is 5.58. The van der Waals surface area contributed by atoms with Gasteiger partial charge in [0.2, 0.25) is 5.91 Å². The van der Waals surface area contributed by atoms with Gasteiger partial charge in [-0.05, 0) is 23.3 Å². The molecule has 4 nitrogen and oxygen atoms in total. The number of aliphatic hydroxyl groups excluding tert-OH is 1. The Morgan fingerprint density at radius 2 is 2.00 bits per heavy atom. The zero-order chi connectivity index (χ0) is 16.7. The number of rotatable bonds is 7. The molecule has 1 amide bonds. The van der Waals surface area contributed by atoms with Gasteiger partial charge in [-0.3, -0.25) is 4.79 Å². The van der Waals surface area contributed by atoms with Gasteiger partial charge in [0.05, 0.1) is 19.6 Å². The summed E-state index contributed by atoms with van der Waals surface area (Å²) in [5, 5.41) is 13.2. The number of hydrogen-bond donors (Lipinski definition) is 2. The maximum Gasteiger partial charge on any atom is 0.224 e. The Hall–Kier alpha value is -2.04. The number of carbonyl (C=O) groups excluding carboxylic acids is 1. The molecular formula is C18H20ClNO3. The van der Waals surface area contributed by atoms with Crippen molar-refractivity contribution >= 4 is 17.5 Å². The maximum atomic E-state index is 12.0. The van der Waals surface area contributed by atoms with Gasteiger partial charge in [-0.2, -0.15) is 0 Å². The van der Waals surface area contributed by atoms with Gasteiger partial charge < -0.3 is 15.2 Å². The lowest BCUT2D eigenvalue weighted by Crippen LogP contribution is -2.34. The van der Waals surface area contributed by atoms with Crippen LogP contribution in [0, 0.1) is 0 Å². The summed E-state index contributed by atoms with van der Waals surface area (Å²) in [5.74, 6) is 0.474. The summed E-state index contributed by atoms with van der Waals surface area (Å²) in [4.78, 5) is 12.0. The number of amides is 1. The molecule has 23 heavy (non-hydrogen) atoms. The zero-order valence-corrected chi connectivity index (χ0v) is 13.7. The van der Waals surface area contributed by atoms with Crippen LogP contribution in [0.1, 0.15) is 11.1 Å². The number of nitrogens with one attached hydrogen (secondary N) is 1. The van der Waals surface area contributed by atoms with E-state index in [1.807, 2.05) is 30.3 Å². The second-order valence-electron chi connectivity index (χ2n) is 5.28. The average Bonchev–Trinajstić information content (AvgIpc) is 2.56. The van der Waals surface area contributed by atoms with Crippen molar-refractivity contribution in [3.63, 3.8) is 0 Å². The van der Waals surface area contributed by atoms with E-state index in [0.29, 0.717) is 17.2 Å². The van der Waals surface area contributed by atoms with Crippen molar-refractivity contribution < 1.29 is 14.6 Å². The summed E-state index contributed by atoms with van der Waals surface area (Å²) in [7, 11) is 1.56. The molecule has 122 valence electrons. The quantitative estimate of drug-likeness (QED) is 0.819. The smallest absolute Gasteiger partial charge is 0.224 e. The fraction of sp³-hybridized carbons (Fsp3) is 0.278. The molecule has 0 radical (unpaired) electrons. The highest BCUT2D eigenvalue weighted by atomic mass is 35.5. The third-order valence-electron chi connectivity index (χ3n) is 3.46. The minimum atomic E-state index is -0.618. The molecule has 1 atom stereocenters. The molecule has 0 aliphatic carbocycles. The lowest BCUT2D eigenvalue weighted by Gasteiger charge is -2.12. The lowest BCUT2D eigenvalue weighted by molar-refractivity contribution is -0.120. The van der Waals surface area contributed by atoms with Gasteiger partial charge in [-0.1, -0.05) is 48.0 Å². The molecule has 1 unspecified atom stereocenters. The number of aliphatic hydroxyl groups is 1. The van der Waals surface area contributed by atoms with Crippen molar-refractivity contribution in [1.29, 1.82) is 0 Å². The first-order valence-corrected chi connectivity index (χ1v) is 7.77. The highest BCUT2D eigenvalue weighted by molar-refractivity contribution is 6.31. The fourth-order valence-corrected chi connectivity index (χ4v) is 2.46. The summed E-state index contributed by atoms with van der Waals surface area (Å²) in [6.07, 6.45) is 0.0540. The van der Waals surface area contributed by atoms with Gasteiger partial charge in [0.1, 0.15) is 5.75 Å². The number of halogens is 1. The van der Waals surface area contributed by atoms with E-state index in [9.17, 15) is 9.90 Å². The van der Waals surface area contributed by atoms with E-state index in [4.69, 9.17) is 16.3 Å². The van der Waals surface area contributed by atoms with Crippen molar-refractivity contribution in [2.75, 3.05) is 13.7 Å². The maximum absolute atomic E-state index is 12.0. The Labute approximate surface area is 141 Å². The summed E-state index contributed by atoms with van der Waals surface area (Å²) in [6, 6.07) is 14.9. The number of carbonyl (C=O) groups is 1. The van der Waals surface area contributed by atoms with Gasteiger partial charge in [0, 0.05) is 18.0 Å². The first-order valence-electron chi connectivity index (χ1n) is 7.39. The van der Waals surface area contributed by atoms with Crippen LogP contribution in [0.5, 0.6) is 5.75 Å². The van der Waals surface area contributed by atoms with Gasteiger partial charge >= 0.3 is 0 Å². The Morgan fingerprint density at radius 3 is 2.65 bits per heavy atom. The second kappa shape index (κ2) is 8.56. The Kier molecular flexibility index (Phi) is 6.44. The first kappa shape index (κ1) is 17.3. The molecule has 2 aromatic rings. The average molecular weight is 334 g/mol. The van der Waals surface area contributed by atoms with Crippen molar-refractivity contribution in [3.05, 3.63) is 64.7 Å². The third-order valence-corrected chi connectivity index (χ3v) is 3.81. The molecule has 0 spiro atoms. The minimum Gasteiger partial charge on any atom is -0.497 e. The van der Waals surface area contributed by atoms with Crippen LogP contribution >= 0.6 is 11.6 Å². The van der Waals surface area contributed by atoms with Crippen LogP contribution in [0.2, 0.25) is 5.02 Å². The van der Waals surface area contributed by atoms with Gasteiger partial charge in [0.15, 0.2) is 0 Å². The highest BCUT2D eigenvalue weighted by Crippen LogP contribution is 2.22. The summed E-state index contributed by atoms with van der Waals surface area (Å²) in [6.45, 7) is 0.210. The van der Waals surface area contributed by atoms with Crippen molar-refractivity contribution in [2.45, 2.75) is 18.9 Å².